The molecule has 0 aliphatic rings. The summed E-state index contributed by atoms with van der Waals surface area (Å²) in [5.41, 5.74) is 0.895. The fourth-order valence-corrected chi connectivity index (χ4v) is 1.58. The van der Waals surface area contributed by atoms with Crippen molar-refractivity contribution in [3.8, 4) is 0 Å². The Morgan fingerprint density at radius 3 is 2.78 bits per heavy atom. The molecule has 0 aliphatic carbocycles. The summed E-state index contributed by atoms with van der Waals surface area (Å²) in [4.78, 5) is 15.7. The Morgan fingerprint density at radius 1 is 1.33 bits per heavy atom. The van der Waals surface area contributed by atoms with E-state index in [0.717, 1.165) is 0 Å². The van der Waals surface area contributed by atoms with Gasteiger partial charge in [0.25, 0.3) is 5.91 Å². The summed E-state index contributed by atoms with van der Waals surface area (Å²) in [6.45, 7) is 1.61. The van der Waals surface area contributed by atoms with Crippen molar-refractivity contribution in [3.05, 3.63) is 58.6 Å². The quantitative estimate of drug-likeness (QED) is 0.845. The number of benzene rings is 1. The lowest BCUT2D eigenvalue weighted by Crippen LogP contribution is -2.14. The second-order valence-electron chi connectivity index (χ2n) is 3.76. The molecule has 0 fully saturated rings. The lowest BCUT2D eigenvalue weighted by molar-refractivity contribution is 0.102. The van der Waals surface area contributed by atoms with E-state index in [2.05, 4.69) is 10.3 Å². The van der Waals surface area contributed by atoms with Crippen molar-refractivity contribution in [1.82, 2.24) is 4.98 Å². The maximum Gasteiger partial charge on any atom is 0.258 e. The van der Waals surface area contributed by atoms with Crippen LogP contribution in [0.2, 0.25) is 5.15 Å². The number of hydrogen-bond acceptors (Lipinski definition) is 2. The highest BCUT2D eigenvalue weighted by Crippen LogP contribution is 2.15. The van der Waals surface area contributed by atoms with Crippen molar-refractivity contribution in [2.24, 2.45) is 0 Å². The highest BCUT2D eigenvalue weighted by molar-refractivity contribution is 6.29. The third-order valence-corrected chi connectivity index (χ3v) is 2.65. The van der Waals surface area contributed by atoms with Crippen LogP contribution in [-0.2, 0) is 0 Å². The van der Waals surface area contributed by atoms with E-state index in [1.54, 1.807) is 31.2 Å². The normalized spacial score (nSPS) is 10.2. The van der Waals surface area contributed by atoms with Gasteiger partial charge < -0.3 is 5.32 Å². The summed E-state index contributed by atoms with van der Waals surface area (Å²) < 4.78 is 13.7. The van der Waals surface area contributed by atoms with Crippen LogP contribution >= 0.6 is 11.6 Å². The van der Waals surface area contributed by atoms with Gasteiger partial charge in [0.05, 0.1) is 17.4 Å². The number of anilines is 1. The molecule has 2 rings (SSSR count). The number of hydrogen-bond donors (Lipinski definition) is 1. The number of nitrogens with one attached hydrogen (secondary N) is 1. The minimum absolute atomic E-state index is 0.00458. The molecule has 3 nitrogen and oxygen atoms in total. The van der Waals surface area contributed by atoms with E-state index in [9.17, 15) is 9.18 Å². The Balaban J connectivity index is 2.22. The van der Waals surface area contributed by atoms with Crippen LogP contribution in [0, 0.1) is 12.7 Å². The molecule has 1 N–H and O–H groups in total. The number of aryl methyl sites for hydroxylation is 1. The first-order valence-corrected chi connectivity index (χ1v) is 5.64. The summed E-state index contributed by atoms with van der Waals surface area (Å²) in [5, 5.41) is 2.88. The summed E-state index contributed by atoms with van der Waals surface area (Å²) >= 11 is 5.63. The van der Waals surface area contributed by atoms with Gasteiger partial charge in [0, 0.05) is 0 Å². The molecule has 0 radical (unpaired) electrons. The molecule has 0 bridgehead atoms. The summed E-state index contributed by atoms with van der Waals surface area (Å²) in [6.07, 6.45) is 1.41. The molecule has 0 saturated carbocycles. The van der Waals surface area contributed by atoms with Crippen LogP contribution in [-0.4, -0.2) is 10.9 Å². The van der Waals surface area contributed by atoms with Gasteiger partial charge >= 0.3 is 0 Å². The first-order valence-electron chi connectivity index (χ1n) is 5.26. The number of aromatic nitrogens is 1. The average molecular weight is 265 g/mol. The number of pyridine rings is 1. The maximum absolute atomic E-state index is 13.7. The van der Waals surface area contributed by atoms with Crippen molar-refractivity contribution >= 4 is 23.2 Å². The van der Waals surface area contributed by atoms with Crippen LogP contribution in [0.15, 0.2) is 36.5 Å². The molecule has 5 heteroatoms. The molecule has 0 unspecified atom stereocenters. The van der Waals surface area contributed by atoms with Gasteiger partial charge in [-0.2, -0.15) is 0 Å². The molecule has 2 aromatic rings. The minimum Gasteiger partial charge on any atom is -0.320 e. The molecule has 1 aromatic carbocycles. The standard InChI is InChI=1S/C13H10ClFN2O/c1-8-3-2-4-10(12(8)15)13(18)17-9-5-6-11(14)16-7-9/h2-7H,1H3,(H,17,18). The second-order valence-corrected chi connectivity index (χ2v) is 4.15. The molecule has 92 valence electrons. The lowest BCUT2D eigenvalue weighted by Gasteiger charge is -2.07. The van der Waals surface area contributed by atoms with Crippen molar-refractivity contribution < 1.29 is 9.18 Å². The fraction of sp³-hybridized carbons (Fsp3) is 0.0769. The lowest BCUT2D eigenvalue weighted by atomic mass is 10.1. The predicted octanol–water partition coefficient (Wildman–Crippen LogP) is 3.43. The summed E-state index contributed by atoms with van der Waals surface area (Å²) in [5.74, 6) is -1.03. The van der Waals surface area contributed by atoms with Crippen molar-refractivity contribution in [2.45, 2.75) is 6.92 Å². The first kappa shape index (κ1) is 12.5. The SMILES string of the molecule is Cc1cccc(C(=O)Nc2ccc(Cl)nc2)c1F. The van der Waals surface area contributed by atoms with Gasteiger partial charge in [-0.05, 0) is 30.7 Å². The van der Waals surface area contributed by atoms with Gasteiger partial charge in [-0.25, -0.2) is 9.37 Å². The molecule has 18 heavy (non-hydrogen) atoms. The molecular weight excluding hydrogens is 255 g/mol. The van der Waals surface area contributed by atoms with Crippen LogP contribution < -0.4 is 5.32 Å². The van der Waals surface area contributed by atoms with Crippen molar-refractivity contribution in [3.63, 3.8) is 0 Å². The molecule has 0 spiro atoms. The zero-order valence-electron chi connectivity index (χ0n) is 9.58. The van der Waals surface area contributed by atoms with Gasteiger partial charge in [0.2, 0.25) is 0 Å². The smallest absolute Gasteiger partial charge is 0.258 e. The predicted molar refractivity (Wildman–Crippen MR) is 68.3 cm³/mol. The highest BCUT2D eigenvalue weighted by atomic mass is 35.5. The van der Waals surface area contributed by atoms with Crippen LogP contribution in [0.5, 0.6) is 0 Å². The monoisotopic (exact) mass is 264 g/mol. The zero-order chi connectivity index (χ0) is 13.1. The number of rotatable bonds is 2. The third kappa shape index (κ3) is 2.65. The van der Waals surface area contributed by atoms with Gasteiger partial charge in [-0.1, -0.05) is 23.7 Å². The van der Waals surface area contributed by atoms with E-state index in [1.807, 2.05) is 0 Å². The number of carbonyl (C=O) groups is 1. The van der Waals surface area contributed by atoms with E-state index >= 15 is 0 Å². The van der Waals surface area contributed by atoms with E-state index < -0.39 is 11.7 Å². The van der Waals surface area contributed by atoms with Crippen LogP contribution in [0.4, 0.5) is 10.1 Å². The molecule has 0 saturated heterocycles. The number of carbonyl (C=O) groups excluding carboxylic acids is 1. The Hall–Kier alpha value is -1.94. The second kappa shape index (κ2) is 5.14. The summed E-state index contributed by atoms with van der Waals surface area (Å²) in [6, 6.07) is 7.81. The zero-order valence-corrected chi connectivity index (χ0v) is 10.3. The van der Waals surface area contributed by atoms with Crippen molar-refractivity contribution in [2.75, 3.05) is 5.32 Å². The Morgan fingerprint density at radius 2 is 2.11 bits per heavy atom. The van der Waals surface area contributed by atoms with Gasteiger partial charge in [-0.3, -0.25) is 4.79 Å². The molecule has 1 amide bonds. The summed E-state index contributed by atoms with van der Waals surface area (Å²) in [7, 11) is 0. The first-order chi connectivity index (χ1) is 8.58. The Labute approximate surface area is 109 Å². The maximum atomic E-state index is 13.7. The van der Waals surface area contributed by atoms with Gasteiger partial charge in [0.15, 0.2) is 0 Å². The topological polar surface area (TPSA) is 42.0 Å². The van der Waals surface area contributed by atoms with E-state index in [0.29, 0.717) is 16.4 Å². The number of amides is 1. The Bertz CT molecular complexity index is 584. The number of halogens is 2. The van der Waals surface area contributed by atoms with Gasteiger partial charge in [-0.15, -0.1) is 0 Å². The van der Waals surface area contributed by atoms with E-state index in [4.69, 9.17) is 11.6 Å². The highest BCUT2D eigenvalue weighted by Gasteiger charge is 2.13. The largest absolute Gasteiger partial charge is 0.320 e. The van der Waals surface area contributed by atoms with Crippen LogP contribution in [0.3, 0.4) is 0 Å². The van der Waals surface area contributed by atoms with Crippen LogP contribution in [0.1, 0.15) is 15.9 Å². The molecule has 0 atom stereocenters. The van der Waals surface area contributed by atoms with E-state index in [1.165, 1.54) is 12.3 Å². The average Bonchev–Trinajstić information content (AvgIpc) is 2.35. The van der Waals surface area contributed by atoms with E-state index in [-0.39, 0.29) is 5.56 Å². The molecular formula is C13H10ClFN2O. The third-order valence-electron chi connectivity index (χ3n) is 2.42. The molecule has 1 heterocycles. The molecule has 0 aliphatic heterocycles. The minimum atomic E-state index is -0.517. The van der Waals surface area contributed by atoms with Gasteiger partial charge in [0.1, 0.15) is 11.0 Å². The van der Waals surface area contributed by atoms with Crippen molar-refractivity contribution in [1.29, 1.82) is 0 Å². The fourth-order valence-electron chi connectivity index (χ4n) is 1.47. The molecule has 1 aromatic heterocycles. The Kier molecular flexibility index (Phi) is 3.58. The number of nitrogens with zero attached hydrogens (tertiary/aromatic N) is 1. The van der Waals surface area contributed by atoms with Crippen LogP contribution in [0.25, 0.3) is 0 Å².